The van der Waals surface area contributed by atoms with E-state index in [4.69, 9.17) is 5.73 Å². The lowest BCUT2D eigenvalue weighted by Gasteiger charge is -2.29. The quantitative estimate of drug-likeness (QED) is 0.845. The molecule has 1 aromatic rings. The smallest absolute Gasteiger partial charge is 0.175 e. The van der Waals surface area contributed by atoms with Gasteiger partial charge in [-0.3, -0.25) is 0 Å². The molecule has 0 amide bonds. The molecule has 0 aromatic heterocycles. The lowest BCUT2D eigenvalue weighted by molar-refractivity contribution is 0.335. The van der Waals surface area contributed by atoms with Crippen LogP contribution >= 0.6 is 0 Å². The van der Waals surface area contributed by atoms with Gasteiger partial charge in [-0.05, 0) is 48.4 Å². The Bertz CT molecular complexity index is 628. The number of nitrogens with two attached hydrogens (primary N) is 1. The summed E-state index contributed by atoms with van der Waals surface area (Å²) < 4.78 is 23.2. The van der Waals surface area contributed by atoms with Crippen molar-refractivity contribution in [3.8, 4) is 0 Å². The van der Waals surface area contributed by atoms with Gasteiger partial charge in [0.1, 0.15) is 0 Å². The van der Waals surface area contributed by atoms with Crippen LogP contribution in [0.15, 0.2) is 29.2 Å². The van der Waals surface area contributed by atoms with Crippen LogP contribution in [0.1, 0.15) is 38.7 Å². The van der Waals surface area contributed by atoms with Crippen LogP contribution in [0.2, 0.25) is 0 Å². The predicted octanol–water partition coefficient (Wildman–Crippen LogP) is 3.27. The van der Waals surface area contributed by atoms with Gasteiger partial charge in [-0.1, -0.05) is 19.9 Å². The summed E-state index contributed by atoms with van der Waals surface area (Å²) in [5, 5.41) is 0. The molecular weight excluding hydrogens is 258 g/mol. The molecule has 1 aliphatic rings. The molecule has 0 fully saturated rings. The first-order valence-electron chi connectivity index (χ1n) is 6.48. The molecule has 0 heterocycles. The van der Waals surface area contributed by atoms with Gasteiger partial charge in [0.05, 0.1) is 4.90 Å². The highest BCUT2D eigenvalue weighted by atomic mass is 32.2. The van der Waals surface area contributed by atoms with Crippen LogP contribution in [0.5, 0.6) is 0 Å². The fraction of sp³-hybridized carbons (Fsp3) is 0.467. The van der Waals surface area contributed by atoms with Crippen molar-refractivity contribution >= 4 is 21.1 Å². The Morgan fingerprint density at radius 2 is 1.95 bits per heavy atom. The molecule has 0 radical (unpaired) electrons. The van der Waals surface area contributed by atoms with E-state index < -0.39 is 9.84 Å². The highest BCUT2D eigenvalue weighted by molar-refractivity contribution is 7.90. The Kier molecular flexibility index (Phi) is 3.47. The standard InChI is InChI=1S/C15H21NO2S/c1-15(2)8-6-11(7-9-15)13-10-12(19(3,17)18)4-5-14(13)16/h4-6,10H,7-9,16H2,1-3H3. The fourth-order valence-corrected chi connectivity index (χ4v) is 3.01. The topological polar surface area (TPSA) is 60.2 Å². The summed E-state index contributed by atoms with van der Waals surface area (Å²) in [5.74, 6) is 0. The molecule has 0 bridgehead atoms. The molecule has 1 aliphatic carbocycles. The lowest BCUT2D eigenvalue weighted by Crippen LogP contribution is -2.14. The summed E-state index contributed by atoms with van der Waals surface area (Å²) in [6.45, 7) is 4.49. The molecule has 2 N–H and O–H groups in total. The van der Waals surface area contributed by atoms with Crippen molar-refractivity contribution in [3.63, 3.8) is 0 Å². The largest absolute Gasteiger partial charge is 0.398 e. The number of anilines is 1. The highest BCUT2D eigenvalue weighted by Crippen LogP contribution is 2.39. The summed E-state index contributed by atoms with van der Waals surface area (Å²) in [6, 6.07) is 4.96. The monoisotopic (exact) mass is 279 g/mol. The van der Waals surface area contributed by atoms with E-state index in [2.05, 4.69) is 19.9 Å². The van der Waals surface area contributed by atoms with Crippen molar-refractivity contribution < 1.29 is 8.42 Å². The van der Waals surface area contributed by atoms with E-state index in [1.165, 1.54) is 11.8 Å². The molecule has 0 unspecified atom stereocenters. The van der Waals surface area contributed by atoms with Gasteiger partial charge in [-0.25, -0.2) is 8.42 Å². The van der Waals surface area contributed by atoms with Crippen LogP contribution in [-0.2, 0) is 9.84 Å². The summed E-state index contributed by atoms with van der Waals surface area (Å²) in [7, 11) is -3.19. The SMILES string of the molecule is CC1(C)CC=C(c2cc(S(C)(=O)=O)ccc2N)CC1. The fourth-order valence-electron chi connectivity index (χ4n) is 2.37. The number of hydrogen-bond donors (Lipinski definition) is 1. The Hall–Kier alpha value is -1.29. The van der Waals surface area contributed by atoms with Crippen LogP contribution in [0.4, 0.5) is 5.69 Å². The molecule has 19 heavy (non-hydrogen) atoms. The zero-order valence-electron chi connectivity index (χ0n) is 11.7. The number of benzene rings is 1. The van der Waals surface area contributed by atoms with E-state index in [0.717, 1.165) is 24.8 Å². The molecule has 0 spiro atoms. The summed E-state index contributed by atoms with van der Waals surface area (Å²) in [6.07, 6.45) is 6.47. The van der Waals surface area contributed by atoms with E-state index in [-0.39, 0.29) is 0 Å². The molecule has 1 aromatic carbocycles. The second-order valence-electron chi connectivity index (χ2n) is 6.12. The Morgan fingerprint density at radius 3 is 2.47 bits per heavy atom. The summed E-state index contributed by atoms with van der Waals surface area (Å²) in [4.78, 5) is 0.336. The Balaban J connectivity index is 2.43. The van der Waals surface area contributed by atoms with Gasteiger partial charge in [-0.15, -0.1) is 0 Å². The Labute approximate surface area is 115 Å². The van der Waals surface area contributed by atoms with Crippen LogP contribution in [0.3, 0.4) is 0 Å². The number of nitrogen functional groups attached to an aromatic ring is 1. The first kappa shape index (κ1) is 14.1. The number of allylic oxidation sites excluding steroid dienone is 2. The van der Waals surface area contributed by atoms with Crippen LogP contribution < -0.4 is 5.73 Å². The lowest BCUT2D eigenvalue weighted by atomic mass is 9.77. The zero-order chi connectivity index (χ0) is 14.3. The maximum absolute atomic E-state index is 11.6. The maximum Gasteiger partial charge on any atom is 0.175 e. The molecule has 4 heteroatoms. The minimum atomic E-state index is -3.19. The highest BCUT2D eigenvalue weighted by Gasteiger charge is 2.23. The van der Waals surface area contributed by atoms with E-state index in [9.17, 15) is 8.42 Å². The van der Waals surface area contributed by atoms with Crippen molar-refractivity contribution in [3.05, 3.63) is 29.8 Å². The van der Waals surface area contributed by atoms with Gasteiger partial charge in [0.25, 0.3) is 0 Å². The second-order valence-corrected chi connectivity index (χ2v) is 8.13. The third-order valence-electron chi connectivity index (χ3n) is 3.77. The van der Waals surface area contributed by atoms with Gasteiger partial charge in [0.2, 0.25) is 0 Å². The molecular formula is C15H21NO2S. The average Bonchev–Trinajstić information content (AvgIpc) is 2.29. The minimum Gasteiger partial charge on any atom is -0.398 e. The van der Waals surface area contributed by atoms with Crippen molar-refractivity contribution in [2.45, 2.75) is 38.0 Å². The van der Waals surface area contributed by atoms with Gasteiger partial charge < -0.3 is 5.73 Å². The van der Waals surface area contributed by atoms with Crippen molar-refractivity contribution in [2.24, 2.45) is 5.41 Å². The van der Waals surface area contributed by atoms with Gasteiger partial charge in [0, 0.05) is 17.5 Å². The summed E-state index contributed by atoms with van der Waals surface area (Å²) >= 11 is 0. The average molecular weight is 279 g/mol. The zero-order valence-corrected chi connectivity index (χ0v) is 12.5. The van der Waals surface area contributed by atoms with Crippen molar-refractivity contribution in [2.75, 3.05) is 12.0 Å². The van der Waals surface area contributed by atoms with E-state index in [0.29, 0.717) is 16.0 Å². The number of hydrogen-bond acceptors (Lipinski definition) is 3. The predicted molar refractivity (Wildman–Crippen MR) is 79.6 cm³/mol. The van der Waals surface area contributed by atoms with Crippen molar-refractivity contribution in [1.82, 2.24) is 0 Å². The molecule has 104 valence electrons. The molecule has 0 atom stereocenters. The first-order valence-corrected chi connectivity index (χ1v) is 8.37. The maximum atomic E-state index is 11.6. The van der Waals surface area contributed by atoms with E-state index in [1.54, 1.807) is 18.2 Å². The third-order valence-corrected chi connectivity index (χ3v) is 4.88. The second kappa shape index (κ2) is 4.67. The normalized spacial score (nSPS) is 19.0. The van der Waals surface area contributed by atoms with Gasteiger partial charge >= 0.3 is 0 Å². The van der Waals surface area contributed by atoms with Crippen LogP contribution in [0, 0.1) is 5.41 Å². The van der Waals surface area contributed by atoms with E-state index in [1.807, 2.05) is 0 Å². The number of sulfone groups is 1. The van der Waals surface area contributed by atoms with Crippen LogP contribution in [-0.4, -0.2) is 14.7 Å². The minimum absolute atomic E-state index is 0.326. The molecule has 2 rings (SSSR count). The van der Waals surface area contributed by atoms with Crippen LogP contribution in [0.25, 0.3) is 5.57 Å². The third kappa shape index (κ3) is 3.18. The molecule has 0 aliphatic heterocycles. The Morgan fingerprint density at radius 1 is 1.26 bits per heavy atom. The number of rotatable bonds is 2. The molecule has 0 saturated carbocycles. The summed E-state index contributed by atoms with van der Waals surface area (Å²) in [5.41, 5.74) is 9.02. The molecule has 3 nitrogen and oxygen atoms in total. The molecule has 0 saturated heterocycles. The first-order chi connectivity index (χ1) is 8.69. The van der Waals surface area contributed by atoms with Gasteiger partial charge in [0.15, 0.2) is 9.84 Å². The van der Waals surface area contributed by atoms with Gasteiger partial charge in [-0.2, -0.15) is 0 Å². The van der Waals surface area contributed by atoms with Crippen molar-refractivity contribution in [1.29, 1.82) is 0 Å². The van der Waals surface area contributed by atoms with E-state index >= 15 is 0 Å².